The normalized spacial score (nSPS) is 34.8. The van der Waals surface area contributed by atoms with Crippen molar-refractivity contribution in [1.29, 1.82) is 0 Å². The van der Waals surface area contributed by atoms with E-state index in [0.29, 0.717) is 12.8 Å². The van der Waals surface area contributed by atoms with Gasteiger partial charge in [0.2, 0.25) is 0 Å². The minimum Gasteiger partial charge on any atom is -0.393 e. The SMILES string of the molecule is Cc1ncsc1C1(N)CC(O)C1. The van der Waals surface area contributed by atoms with Gasteiger partial charge in [-0.3, -0.25) is 0 Å². The molecular weight excluding hydrogens is 172 g/mol. The molecule has 0 aliphatic heterocycles. The first kappa shape index (κ1) is 8.16. The molecule has 0 saturated heterocycles. The van der Waals surface area contributed by atoms with Crippen LogP contribution in [-0.4, -0.2) is 16.2 Å². The number of nitrogens with zero attached hydrogens (tertiary/aromatic N) is 1. The Morgan fingerprint density at radius 2 is 2.42 bits per heavy atom. The van der Waals surface area contributed by atoms with Gasteiger partial charge in [0, 0.05) is 4.88 Å². The Bertz CT molecular complexity index is 291. The van der Waals surface area contributed by atoms with E-state index in [1.54, 1.807) is 11.3 Å². The van der Waals surface area contributed by atoms with Crippen LogP contribution in [0, 0.1) is 6.92 Å². The van der Waals surface area contributed by atoms with E-state index in [9.17, 15) is 5.11 Å². The average Bonchev–Trinajstić information content (AvgIpc) is 2.32. The summed E-state index contributed by atoms with van der Waals surface area (Å²) < 4.78 is 0. The molecule has 66 valence electrons. The molecular formula is C8H12N2OS. The first-order valence-electron chi connectivity index (χ1n) is 3.99. The van der Waals surface area contributed by atoms with Crippen LogP contribution in [0.4, 0.5) is 0 Å². The topological polar surface area (TPSA) is 59.1 Å². The first-order valence-corrected chi connectivity index (χ1v) is 4.87. The minimum absolute atomic E-state index is 0.212. The maximum Gasteiger partial charge on any atom is 0.0798 e. The lowest BCUT2D eigenvalue weighted by atomic mass is 9.74. The molecule has 4 heteroatoms. The predicted molar refractivity (Wildman–Crippen MR) is 48.0 cm³/mol. The highest BCUT2D eigenvalue weighted by atomic mass is 32.1. The van der Waals surface area contributed by atoms with Crippen molar-refractivity contribution in [3.8, 4) is 0 Å². The van der Waals surface area contributed by atoms with E-state index < -0.39 is 0 Å². The third-order valence-electron chi connectivity index (χ3n) is 2.40. The van der Waals surface area contributed by atoms with Gasteiger partial charge in [0.15, 0.2) is 0 Å². The van der Waals surface area contributed by atoms with E-state index in [2.05, 4.69) is 4.98 Å². The highest BCUT2D eigenvalue weighted by Gasteiger charge is 2.43. The summed E-state index contributed by atoms with van der Waals surface area (Å²) in [5.74, 6) is 0. The van der Waals surface area contributed by atoms with Crippen LogP contribution < -0.4 is 5.73 Å². The number of hydrogen-bond acceptors (Lipinski definition) is 4. The van der Waals surface area contributed by atoms with Crippen molar-refractivity contribution in [3.63, 3.8) is 0 Å². The Labute approximate surface area is 75.2 Å². The van der Waals surface area contributed by atoms with Crippen LogP contribution in [0.1, 0.15) is 23.4 Å². The number of aliphatic hydroxyl groups excluding tert-OH is 1. The molecule has 1 aromatic rings. The monoisotopic (exact) mass is 184 g/mol. The standard InChI is InChI=1S/C8H12N2OS/c1-5-7(12-4-10-5)8(9)2-6(11)3-8/h4,6,11H,2-3,9H2,1H3. The molecule has 1 fully saturated rings. The van der Waals surface area contributed by atoms with Gasteiger partial charge < -0.3 is 10.8 Å². The van der Waals surface area contributed by atoms with Crippen molar-refractivity contribution in [2.75, 3.05) is 0 Å². The average molecular weight is 184 g/mol. The van der Waals surface area contributed by atoms with Crippen LogP contribution in [0.3, 0.4) is 0 Å². The molecule has 3 nitrogen and oxygen atoms in total. The highest BCUT2D eigenvalue weighted by Crippen LogP contribution is 2.41. The van der Waals surface area contributed by atoms with Crippen LogP contribution >= 0.6 is 11.3 Å². The predicted octanol–water partition coefficient (Wildman–Crippen LogP) is 0.760. The zero-order valence-electron chi connectivity index (χ0n) is 6.95. The summed E-state index contributed by atoms with van der Waals surface area (Å²) in [7, 11) is 0. The Kier molecular flexibility index (Phi) is 1.71. The molecule has 1 aliphatic rings. The quantitative estimate of drug-likeness (QED) is 0.677. The molecule has 3 N–H and O–H groups in total. The maximum absolute atomic E-state index is 9.18. The van der Waals surface area contributed by atoms with Gasteiger partial charge in [0.05, 0.1) is 22.8 Å². The lowest BCUT2D eigenvalue weighted by Gasteiger charge is -2.41. The smallest absolute Gasteiger partial charge is 0.0798 e. The molecule has 1 heterocycles. The summed E-state index contributed by atoms with van der Waals surface area (Å²) >= 11 is 1.59. The number of aromatic nitrogens is 1. The van der Waals surface area contributed by atoms with Crippen molar-refractivity contribution >= 4 is 11.3 Å². The van der Waals surface area contributed by atoms with E-state index in [1.165, 1.54) is 0 Å². The summed E-state index contributed by atoms with van der Waals surface area (Å²) in [5, 5.41) is 9.18. The number of nitrogens with two attached hydrogens (primary N) is 1. The zero-order valence-corrected chi connectivity index (χ0v) is 7.77. The molecule has 12 heavy (non-hydrogen) atoms. The second-order valence-electron chi connectivity index (χ2n) is 3.49. The summed E-state index contributed by atoms with van der Waals surface area (Å²) in [6.45, 7) is 1.96. The Hall–Kier alpha value is -0.450. The number of thiazole rings is 1. The Morgan fingerprint density at radius 3 is 2.83 bits per heavy atom. The summed E-state index contributed by atoms with van der Waals surface area (Å²) in [6.07, 6.45) is 1.14. The molecule has 0 bridgehead atoms. The third-order valence-corrected chi connectivity index (χ3v) is 3.55. The lowest BCUT2D eigenvalue weighted by Crippen LogP contribution is -2.51. The second kappa shape index (κ2) is 2.52. The summed E-state index contributed by atoms with van der Waals surface area (Å²) in [6, 6.07) is 0. The van der Waals surface area contributed by atoms with Gasteiger partial charge in [-0.15, -0.1) is 11.3 Å². The van der Waals surface area contributed by atoms with Crippen LogP contribution in [-0.2, 0) is 5.54 Å². The number of rotatable bonds is 1. The van der Waals surface area contributed by atoms with E-state index >= 15 is 0 Å². The molecule has 1 aliphatic carbocycles. The first-order chi connectivity index (χ1) is 5.62. The Balaban J connectivity index is 2.26. The molecule has 0 radical (unpaired) electrons. The van der Waals surface area contributed by atoms with Crippen LogP contribution in [0.25, 0.3) is 0 Å². The molecule has 0 atom stereocenters. The highest BCUT2D eigenvalue weighted by molar-refractivity contribution is 7.09. The molecule has 1 aromatic heterocycles. The van der Waals surface area contributed by atoms with Crippen LogP contribution in [0.5, 0.6) is 0 Å². The van der Waals surface area contributed by atoms with E-state index in [1.807, 2.05) is 12.4 Å². The maximum atomic E-state index is 9.18. The van der Waals surface area contributed by atoms with E-state index in [-0.39, 0.29) is 11.6 Å². The van der Waals surface area contributed by atoms with Gasteiger partial charge in [-0.1, -0.05) is 0 Å². The van der Waals surface area contributed by atoms with Crippen LogP contribution in [0.15, 0.2) is 5.51 Å². The number of aliphatic hydroxyl groups is 1. The molecule has 2 rings (SSSR count). The van der Waals surface area contributed by atoms with Gasteiger partial charge >= 0.3 is 0 Å². The van der Waals surface area contributed by atoms with Gasteiger partial charge in [0.25, 0.3) is 0 Å². The van der Waals surface area contributed by atoms with Gasteiger partial charge in [0.1, 0.15) is 0 Å². The number of aryl methyl sites for hydroxylation is 1. The van der Waals surface area contributed by atoms with Crippen molar-refractivity contribution in [2.24, 2.45) is 5.73 Å². The molecule has 0 unspecified atom stereocenters. The molecule has 0 aromatic carbocycles. The summed E-state index contributed by atoms with van der Waals surface area (Å²) in [4.78, 5) is 5.28. The van der Waals surface area contributed by atoms with Crippen molar-refractivity contribution in [2.45, 2.75) is 31.4 Å². The minimum atomic E-state index is -0.287. The van der Waals surface area contributed by atoms with Gasteiger partial charge in [-0.25, -0.2) is 4.98 Å². The third kappa shape index (κ3) is 1.07. The lowest BCUT2D eigenvalue weighted by molar-refractivity contribution is 0.0224. The van der Waals surface area contributed by atoms with Crippen molar-refractivity contribution in [1.82, 2.24) is 4.98 Å². The molecule has 0 amide bonds. The molecule has 0 spiro atoms. The fourth-order valence-corrected chi connectivity index (χ4v) is 2.69. The van der Waals surface area contributed by atoms with E-state index in [0.717, 1.165) is 10.6 Å². The second-order valence-corrected chi connectivity index (χ2v) is 4.34. The fourth-order valence-electron chi connectivity index (χ4n) is 1.75. The van der Waals surface area contributed by atoms with Crippen LogP contribution in [0.2, 0.25) is 0 Å². The zero-order chi connectivity index (χ0) is 8.77. The van der Waals surface area contributed by atoms with Crippen molar-refractivity contribution < 1.29 is 5.11 Å². The van der Waals surface area contributed by atoms with Crippen molar-refractivity contribution in [3.05, 3.63) is 16.1 Å². The van der Waals surface area contributed by atoms with E-state index in [4.69, 9.17) is 5.73 Å². The largest absolute Gasteiger partial charge is 0.393 e. The fraction of sp³-hybridized carbons (Fsp3) is 0.625. The summed E-state index contributed by atoms with van der Waals surface area (Å²) in [5.41, 5.74) is 8.60. The van der Waals surface area contributed by atoms with Gasteiger partial charge in [-0.05, 0) is 19.8 Å². The van der Waals surface area contributed by atoms with Gasteiger partial charge in [-0.2, -0.15) is 0 Å². The molecule has 1 saturated carbocycles. The number of hydrogen-bond donors (Lipinski definition) is 2. The Morgan fingerprint density at radius 1 is 1.75 bits per heavy atom.